The van der Waals surface area contributed by atoms with Gasteiger partial charge in [-0.05, 0) is 46.8 Å². The number of halogens is 2. The molecule has 0 aromatic heterocycles. The summed E-state index contributed by atoms with van der Waals surface area (Å²) in [6.07, 6.45) is -0.349. The van der Waals surface area contributed by atoms with Crippen LogP contribution in [0.1, 0.15) is 45.0 Å². The molecule has 1 aromatic carbocycles. The number of carbonyl (C=O) groups excluding carboxylic acids is 3. The highest BCUT2D eigenvalue weighted by Crippen LogP contribution is 2.32. The van der Waals surface area contributed by atoms with Gasteiger partial charge in [-0.2, -0.15) is 0 Å². The molecule has 160 valence electrons. The van der Waals surface area contributed by atoms with Gasteiger partial charge in [-0.25, -0.2) is 4.79 Å². The van der Waals surface area contributed by atoms with Crippen LogP contribution in [0.25, 0.3) is 0 Å². The van der Waals surface area contributed by atoms with Crippen LogP contribution in [0.4, 0.5) is 10.5 Å². The quantitative estimate of drug-likeness (QED) is 0.709. The number of nitrogens with one attached hydrogen (secondary N) is 1. The molecule has 1 fully saturated rings. The van der Waals surface area contributed by atoms with E-state index >= 15 is 0 Å². The fourth-order valence-corrected chi connectivity index (χ4v) is 3.56. The summed E-state index contributed by atoms with van der Waals surface area (Å²) in [5, 5.41) is 3.13. The fourth-order valence-electron chi connectivity index (χ4n) is 2.98. The van der Waals surface area contributed by atoms with Gasteiger partial charge in [0.25, 0.3) is 0 Å². The first-order valence-corrected chi connectivity index (χ1v) is 10.1. The molecule has 0 spiro atoms. The smallest absolute Gasteiger partial charge is 0.410 e. The van der Waals surface area contributed by atoms with Crippen LogP contribution in [-0.2, 0) is 9.53 Å². The van der Waals surface area contributed by atoms with Crippen molar-refractivity contribution in [2.24, 2.45) is 0 Å². The first-order valence-electron chi connectivity index (χ1n) is 9.39. The molecule has 1 heterocycles. The van der Waals surface area contributed by atoms with E-state index in [-0.39, 0.29) is 46.1 Å². The van der Waals surface area contributed by atoms with Crippen molar-refractivity contribution < 1.29 is 19.1 Å². The largest absolute Gasteiger partial charge is 0.444 e. The normalized spacial score (nSPS) is 17.8. The molecule has 1 N–H and O–H groups in total. The van der Waals surface area contributed by atoms with Crippen LogP contribution in [0.15, 0.2) is 12.1 Å². The van der Waals surface area contributed by atoms with Gasteiger partial charge in [-0.15, -0.1) is 0 Å². The van der Waals surface area contributed by atoms with Crippen LogP contribution in [0.5, 0.6) is 0 Å². The van der Waals surface area contributed by atoms with Crippen LogP contribution in [0.3, 0.4) is 0 Å². The van der Waals surface area contributed by atoms with Gasteiger partial charge in [0.1, 0.15) is 5.60 Å². The van der Waals surface area contributed by atoms with Gasteiger partial charge in [0.15, 0.2) is 5.78 Å². The second kappa shape index (κ2) is 9.32. The van der Waals surface area contributed by atoms with Crippen molar-refractivity contribution in [2.45, 2.75) is 46.3 Å². The van der Waals surface area contributed by atoms with E-state index < -0.39 is 5.60 Å². The number of amides is 2. The van der Waals surface area contributed by atoms with Gasteiger partial charge < -0.3 is 15.0 Å². The first kappa shape index (κ1) is 23.4. The molecule has 7 nitrogen and oxygen atoms in total. The number of hydrogen-bond donors (Lipinski definition) is 1. The van der Waals surface area contributed by atoms with Crippen LogP contribution < -0.4 is 5.32 Å². The minimum Gasteiger partial charge on any atom is -0.444 e. The van der Waals surface area contributed by atoms with E-state index in [4.69, 9.17) is 27.9 Å². The number of benzene rings is 1. The summed E-state index contributed by atoms with van der Waals surface area (Å²) in [6.45, 7) is 10.5. The molecule has 29 heavy (non-hydrogen) atoms. The van der Waals surface area contributed by atoms with Gasteiger partial charge in [0.05, 0.1) is 22.3 Å². The van der Waals surface area contributed by atoms with Crippen molar-refractivity contribution in [2.75, 3.05) is 31.5 Å². The Morgan fingerprint density at radius 1 is 1.17 bits per heavy atom. The summed E-state index contributed by atoms with van der Waals surface area (Å²) in [4.78, 5) is 39.9. The van der Waals surface area contributed by atoms with E-state index in [1.165, 1.54) is 19.1 Å². The maximum absolute atomic E-state index is 12.5. The molecule has 2 amide bonds. The Bertz CT molecular complexity index is 784. The lowest BCUT2D eigenvalue weighted by molar-refractivity contribution is -0.118. The van der Waals surface area contributed by atoms with Crippen LogP contribution in [0, 0.1) is 0 Å². The predicted octanol–water partition coefficient (Wildman–Crippen LogP) is 4.08. The van der Waals surface area contributed by atoms with E-state index in [0.717, 1.165) is 0 Å². The monoisotopic (exact) mass is 443 g/mol. The van der Waals surface area contributed by atoms with Crippen LogP contribution >= 0.6 is 23.2 Å². The molecule has 1 aromatic rings. The Labute approximate surface area is 181 Å². The molecule has 0 radical (unpaired) electrons. The van der Waals surface area contributed by atoms with Crippen molar-refractivity contribution >= 4 is 46.7 Å². The average molecular weight is 444 g/mol. The minimum absolute atomic E-state index is 0.0203. The van der Waals surface area contributed by atoms with Crippen molar-refractivity contribution in [3.8, 4) is 0 Å². The van der Waals surface area contributed by atoms with E-state index in [1.54, 1.807) is 4.90 Å². The Hall–Kier alpha value is -1.83. The van der Waals surface area contributed by atoms with Crippen LogP contribution in [-0.4, -0.2) is 65.4 Å². The van der Waals surface area contributed by atoms with Crippen molar-refractivity contribution in [3.63, 3.8) is 0 Å². The van der Waals surface area contributed by atoms with E-state index in [2.05, 4.69) is 5.32 Å². The summed E-state index contributed by atoms with van der Waals surface area (Å²) in [5.74, 6) is -0.440. The predicted molar refractivity (Wildman–Crippen MR) is 114 cm³/mol. The van der Waals surface area contributed by atoms with E-state index in [1.807, 2.05) is 32.6 Å². The number of nitrogens with zero attached hydrogens (tertiary/aromatic N) is 2. The molecule has 1 aliphatic heterocycles. The third-order valence-corrected chi connectivity index (χ3v) is 5.07. The van der Waals surface area contributed by atoms with Crippen molar-refractivity contribution in [1.29, 1.82) is 0 Å². The highest BCUT2D eigenvalue weighted by molar-refractivity contribution is 6.40. The Kier molecular flexibility index (Phi) is 7.54. The Morgan fingerprint density at radius 2 is 1.76 bits per heavy atom. The number of ether oxygens (including phenoxy) is 1. The van der Waals surface area contributed by atoms with Gasteiger partial charge >= 0.3 is 6.09 Å². The maximum Gasteiger partial charge on any atom is 0.410 e. The number of hydrogen-bond acceptors (Lipinski definition) is 5. The Balaban J connectivity index is 1.95. The lowest BCUT2D eigenvalue weighted by Crippen LogP contribution is -2.55. The summed E-state index contributed by atoms with van der Waals surface area (Å²) in [5.41, 5.74) is 0.113. The summed E-state index contributed by atoms with van der Waals surface area (Å²) in [6, 6.07) is 2.94. The first-order chi connectivity index (χ1) is 13.4. The zero-order valence-electron chi connectivity index (χ0n) is 17.3. The topological polar surface area (TPSA) is 79.0 Å². The van der Waals surface area contributed by atoms with Gasteiger partial charge in [-0.3, -0.25) is 14.5 Å². The fraction of sp³-hybridized carbons (Fsp3) is 0.550. The zero-order chi connectivity index (χ0) is 21.9. The lowest BCUT2D eigenvalue weighted by atomic mass is 10.1. The maximum atomic E-state index is 12.5. The second-order valence-corrected chi connectivity index (χ2v) is 8.98. The summed E-state index contributed by atoms with van der Waals surface area (Å²) < 4.78 is 5.41. The van der Waals surface area contributed by atoms with Crippen LogP contribution in [0.2, 0.25) is 10.0 Å². The summed E-state index contributed by atoms with van der Waals surface area (Å²) in [7, 11) is 0. The molecule has 0 saturated carbocycles. The van der Waals surface area contributed by atoms with E-state index in [9.17, 15) is 14.4 Å². The molecule has 1 saturated heterocycles. The third kappa shape index (κ3) is 6.59. The average Bonchev–Trinajstić information content (AvgIpc) is 2.58. The van der Waals surface area contributed by atoms with Crippen molar-refractivity contribution in [1.82, 2.24) is 9.80 Å². The van der Waals surface area contributed by atoms with Gasteiger partial charge in [-0.1, -0.05) is 23.2 Å². The molecule has 2 rings (SSSR count). The second-order valence-electron chi connectivity index (χ2n) is 8.17. The molecule has 1 unspecified atom stereocenters. The molecular weight excluding hydrogens is 417 g/mol. The van der Waals surface area contributed by atoms with E-state index in [0.29, 0.717) is 25.2 Å². The molecule has 9 heteroatoms. The molecular formula is C20H27Cl2N3O4. The minimum atomic E-state index is -0.548. The zero-order valence-corrected chi connectivity index (χ0v) is 18.9. The highest BCUT2D eigenvalue weighted by atomic mass is 35.5. The molecule has 0 aliphatic carbocycles. The SMILES string of the molecule is CC(=O)c1cc(Cl)c(NC(=O)CN2CCN(C(=O)OC(C)(C)C)CC2C)c(Cl)c1. The Morgan fingerprint density at radius 3 is 2.24 bits per heavy atom. The lowest BCUT2D eigenvalue weighted by Gasteiger charge is -2.39. The van der Waals surface area contributed by atoms with Gasteiger partial charge in [0.2, 0.25) is 5.91 Å². The number of anilines is 1. The number of rotatable bonds is 4. The number of piperazine rings is 1. The van der Waals surface area contributed by atoms with Gasteiger partial charge in [0, 0.05) is 31.2 Å². The third-order valence-electron chi connectivity index (χ3n) is 4.48. The number of ketones is 1. The highest BCUT2D eigenvalue weighted by Gasteiger charge is 2.30. The standard InChI is InChI=1S/C20H27Cl2N3O4/c1-12-10-25(19(28)29-20(3,4)5)7-6-24(12)11-17(27)23-18-15(21)8-14(13(2)26)9-16(18)22/h8-9,12H,6-7,10-11H2,1-5H3,(H,23,27). The molecule has 0 bridgehead atoms. The number of carbonyl (C=O) groups is 3. The number of Topliss-reactive ketones (excluding diaryl/α,β-unsaturated/α-hetero) is 1. The molecule has 1 aliphatic rings. The van der Waals surface area contributed by atoms with Crippen molar-refractivity contribution in [3.05, 3.63) is 27.7 Å². The molecule has 1 atom stereocenters. The summed E-state index contributed by atoms with van der Waals surface area (Å²) >= 11 is 12.4.